The number of carbonyl (C=O) groups is 1. The number of ether oxygens (including phenoxy) is 2. The van der Waals surface area contributed by atoms with Crippen molar-refractivity contribution in [1.29, 1.82) is 0 Å². The van der Waals surface area contributed by atoms with Gasteiger partial charge < -0.3 is 14.6 Å². The van der Waals surface area contributed by atoms with Gasteiger partial charge in [0.1, 0.15) is 17.9 Å². The van der Waals surface area contributed by atoms with Crippen LogP contribution in [0.15, 0.2) is 66.7 Å². The van der Waals surface area contributed by atoms with Crippen LogP contribution in [0.25, 0.3) is 0 Å². The van der Waals surface area contributed by atoms with E-state index in [2.05, 4.69) is 23.7 Å². The Bertz CT molecular complexity index is 1150. The number of fused-ring (bicyclic) bond motifs is 1. The Morgan fingerprint density at radius 1 is 1.10 bits per heavy atom. The Balaban J connectivity index is 1.66. The predicted octanol–water partition coefficient (Wildman–Crippen LogP) is 3.00. The van der Waals surface area contributed by atoms with Crippen molar-refractivity contribution in [2.45, 2.75) is 30.3 Å². The van der Waals surface area contributed by atoms with Crippen LogP contribution in [0.3, 0.4) is 0 Å². The van der Waals surface area contributed by atoms with Crippen molar-refractivity contribution in [1.82, 2.24) is 0 Å². The molecule has 29 heavy (non-hydrogen) atoms. The molecule has 0 radical (unpaired) electrons. The molecule has 142 valence electrons. The molecule has 1 fully saturated rings. The predicted molar refractivity (Wildman–Crippen MR) is 107 cm³/mol. The zero-order chi connectivity index (χ0) is 20.1. The van der Waals surface area contributed by atoms with Gasteiger partial charge in [-0.05, 0) is 37.3 Å². The second kappa shape index (κ2) is 6.25. The van der Waals surface area contributed by atoms with Crippen LogP contribution in [0.4, 0.5) is 10.5 Å². The first-order chi connectivity index (χ1) is 14.0. The maximum atomic E-state index is 13.2. The zero-order valence-corrected chi connectivity index (χ0v) is 15.6. The largest absolute Gasteiger partial charge is 0.420 e. The molecule has 2 bridgehead atoms. The monoisotopic (exact) mass is 383 g/mol. The molecular weight excluding hydrogens is 366 g/mol. The lowest BCUT2D eigenvalue weighted by molar-refractivity contribution is 0.0265. The van der Waals surface area contributed by atoms with Crippen molar-refractivity contribution in [3.63, 3.8) is 0 Å². The number of amides is 1. The van der Waals surface area contributed by atoms with E-state index in [1.54, 1.807) is 49.4 Å². The number of para-hydroxylation sites is 2. The normalized spacial score (nSPS) is 31.6. The summed E-state index contributed by atoms with van der Waals surface area (Å²) in [6, 6.07) is 15.6. The number of hydrogen-bond acceptors (Lipinski definition) is 4. The summed E-state index contributed by atoms with van der Waals surface area (Å²) in [5.41, 5.74) is -1.22. The van der Waals surface area contributed by atoms with Crippen LogP contribution < -0.4 is 9.64 Å². The number of benzene rings is 2. The SMILES string of the molecule is C[C@@]1(O)C#C/C=C\C#C[C@@H]2[C@@H]3O[C@]31c1ccccc1N2C(=O)Oc1ccccc1. The van der Waals surface area contributed by atoms with Gasteiger partial charge in [0.25, 0.3) is 0 Å². The molecular formula is C24H17NO4. The molecule has 2 aromatic rings. The van der Waals surface area contributed by atoms with Crippen LogP contribution in [-0.4, -0.2) is 28.9 Å². The molecule has 5 nitrogen and oxygen atoms in total. The van der Waals surface area contributed by atoms with Gasteiger partial charge >= 0.3 is 6.09 Å². The molecule has 2 heterocycles. The molecule has 0 unspecified atom stereocenters. The summed E-state index contributed by atoms with van der Waals surface area (Å²) in [4.78, 5) is 14.7. The molecule has 0 aromatic heterocycles. The number of epoxide rings is 1. The Morgan fingerprint density at radius 2 is 1.83 bits per heavy atom. The molecule has 4 atom stereocenters. The first-order valence-electron chi connectivity index (χ1n) is 9.29. The molecule has 3 aliphatic rings. The number of carbonyl (C=O) groups excluding carboxylic acids is 1. The van der Waals surface area contributed by atoms with Crippen LogP contribution in [0.5, 0.6) is 5.75 Å². The summed E-state index contributed by atoms with van der Waals surface area (Å²) >= 11 is 0. The van der Waals surface area contributed by atoms with E-state index >= 15 is 0 Å². The van der Waals surface area contributed by atoms with Crippen molar-refractivity contribution in [3.8, 4) is 29.4 Å². The van der Waals surface area contributed by atoms with E-state index in [1.165, 1.54) is 4.90 Å². The average molecular weight is 383 g/mol. The van der Waals surface area contributed by atoms with Crippen LogP contribution >= 0.6 is 0 Å². The smallest absolute Gasteiger partial charge is 0.410 e. The Labute approximate surface area is 168 Å². The van der Waals surface area contributed by atoms with Crippen LogP contribution in [0.2, 0.25) is 0 Å². The van der Waals surface area contributed by atoms with E-state index in [-0.39, 0.29) is 0 Å². The second-order valence-corrected chi connectivity index (χ2v) is 7.25. The zero-order valence-electron chi connectivity index (χ0n) is 15.6. The lowest BCUT2D eigenvalue weighted by Gasteiger charge is -2.38. The van der Waals surface area contributed by atoms with E-state index < -0.39 is 29.4 Å². The van der Waals surface area contributed by atoms with Crippen molar-refractivity contribution >= 4 is 11.8 Å². The number of rotatable bonds is 1. The first-order valence-corrected chi connectivity index (χ1v) is 9.29. The highest BCUT2D eigenvalue weighted by Crippen LogP contribution is 2.61. The van der Waals surface area contributed by atoms with Crippen LogP contribution in [-0.2, 0) is 10.3 Å². The van der Waals surface area contributed by atoms with E-state index in [1.807, 2.05) is 24.3 Å². The van der Waals surface area contributed by atoms with Crippen molar-refractivity contribution in [3.05, 3.63) is 72.3 Å². The van der Waals surface area contributed by atoms with E-state index in [9.17, 15) is 9.90 Å². The van der Waals surface area contributed by atoms with Gasteiger partial charge in [-0.3, -0.25) is 4.90 Å². The fraction of sp³-hybridized carbons (Fsp3) is 0.208. The molecule has 5 rings (SSSR count). The molecule has 0 spiro atoms. The number of nitrogens with zero attached hydrogens (tertiary/aromatic N) is 1. The van der Waals surface area contributed by atoms with Gasteiger partial charge in [-0.15, -0.1) is 0 Å². The third kappa shape index (κ3) is 2.57. The van der Waals surface area contributed by atoms with E-state index in [0.29, 0.717) is 17.0 Å². The summed E-state index contributed by atoms with van der Waals surface area (Å²) in [7, 11) is 0. The fourth-order valence-corrected chi connectivity index (χ4v) is 4.09. The number of hydrogen-bond donors (Lipinski definition) is 1. The van der Waals surface area contributed by atoms with Crippen molar-refractivity contribution < 1.29 is 19.4 Å². The summed E-state index contributed by atoms with van der Waals surface area (Å²) in [6.07, 6.45) is 2.09. The number of aliphatic hydroxyl groups is 1. The number of anilines is 1. The molecule has 1 N–H and O–H groups in total. The first kappa shape index (κ1) is 17.6. The minimum absolute atomic E-state index is 0.439. The van der Waals surface area contributed by atoms with Gasteiger partial charge in [0.15, 0.2) is 11.2 Å². The van der Waals surface area contributed by atoms with Crippen LogP contribution in [0, 0.1) is 23.7 Å². The molecule has 1 aliphatic carbocycles. The molecule has 0 saturated carbocycles. The molecule has 1 amide bonds. The minimum Gasteiger partial charge on any atom is -0.410 e. The summed E-state index contributed by atoms with van der Waals surface area (Å²) in [5.74, 6) is 12.2. The number of allylic oxidation sites excluding steroid dienone is 2. The van der Waals surface area contributed by atoms with Crippen LogP contribution in [0.1, 0.15) is 12.5 Å². The highest BCUT2D eigenvalue weighted by atomic mass is 16.6. The Morgan fingerprint density at radius 3 is 2.66 bits per heavy atom. The molecule has 2 aliphatic heterocycles. The standard InChI is InChI=1S/C24H17NO4/c1-23(27)16-10-3-2-7-15-20-21-24(23,29-21)18-13-8-9-14-19(18)25(20)22(26)28-17-11-5-4-6-12-17/h2-6,8-9,11-14,20-21,27H,1H3/b3-2-/t20-,21+,23-,24-/m1/s1. The highest BCUT2D eigenvalue weighted by Gasteiger charge is 2.74. The Kier molecular flexibility index (Phi) is 3.79. The molecule has 1 saturated heterocycles. The summed E-state index contributed by atoms with van der Waals surface area (Å²) in [5, 5.41) is 11.2. The maximum absolute atomic E-state index is 13.2. The quantitative estimate of drug-likeness (QED) is 0.608. The van der Waals surface area contributed by atoms with Gasteiger partial charge in [0, 0.05) is 5.56 Å². The third-order valence-corrected chi connectivity index (χ3v) is 5.45. The topological polar surface area (TPSA) is 62.3 Å². The maximum Gasteiger partial charge on any atom is 0.420 e. The summed E-state index contributed by atoms with van der Waals surface area (Å²) in [6.45, 7) is 1.63. The van der Waals surface area contributed by atoms with Gasteiger partial charge in [-0.1, -0.05) is 60.1 Å². The van der Waals surface area contributed by atoms with Gasteiger partial charge in [-0.2, -0.15) is 0 Å². The molecule has 2 aromatic carbocycles. The minimum atomic E-state index is -1.45. The third-order valence-electron chi connectivity index (χ3n) is 5.45. The van der Waals surface area contributed by atoms with Gasteiger partial charge in [-0.25, -0.2) is 4.79 Å². The lowest BCUT2D eigenvalue weighted by Crippen LogP contribution is -2.54. The lowest BCUT2D eigenvalue weighted by atomic mass is 9.75. The summed E-state index contributed by atoms with van der Waals surface area (Å²) < 4.78 is 11.7. The van der Waals surface area contributed by atoms with Gasteiger partial charge in [0.2, 0.25) is 0 Å². The van der Waals surface area contributed by atoms with Gasteiger partial charge in [0.05, 0.1) is 5.69 Å². The van der Waals surface area contributed by atoms with E-state index in [0.717, 1.165) is 0 Å². The fourth-order valence-electron chi connectivity index (χ4n) is 4.09. The van der Waals surface area contributed by atoms with Crippen molar-refractivity contribution in [2.24, 2.45) is 0 Å². The Hall–Kier alpha value is -3.51. The van der Waals surface area contributed by atoms with E-state index in [4.69, 9.17) is 9.47 Å². The van der Waals surface area contributed by atoms with Crippen molar-refractivity contribution in [2.75, 3.05) is 4.90 Å². The molecule has 5 heteroatoms. The average Bonchev–Trinajstić information content (AvgIpc) is 3.49. The highest BCUT2D eigenvalue weighted by molar-refractivity contribution is 5.93. The second-order valence-electron chi connectivity index (χ2n) is 7.25.